The van der Waals surface area contributed by atoms with Crippen molar-refractivity contribution in [3.8, 4) is 0 Å². The minimum Gasteiger partial charge on any atom is -0.352 e. The minimum atomic E-state index is -0.101. The SMILES string of the molecule is O=C(NCCCCN1CCCC1)c1ccc(CNC(=O)c2ccccc2)cc1. The molecular weight excluding hydrogens is 350 g/mol. The molecule has 148 valence electrons. The van der Waals surface area contributed by atoms with Crippen molar-refractivity contribution in [1.82, 2.24) is 15.5 Å². The van der Waals surface area contributed by atoms with Crippen LogP contribution in [0.4, 0.5) is 0 Å². The highest BCUT2D eigenvalue weighted by Crippen LogP contribution is 2.08. The van der Waals surface area contributed by atoms with Crippen molar-refractivity contribution in [1.29, 1.82) is 0 Å². The number of likely N-dealkylation sites (tertiary alicyclic amines) is 1. The highest BCUT2D eigenvalue weighted by molar-refractivity contribution is 5.94. The monoisotopic (exact) mass is 379 g/mol. The van der Waals surface area contributed by atoms with Gasteiger partial charge in [-0.15, -0.1) is 0 Å². The summed E-state index contributed by atoms with van der Waals surface area (Å²) >= 11 is 0. The maximum Gasteiger partial charge on any atom is 0.251 e. The number of carbonyl (C=O) groups is 2. The molecule has 0 radical (unpaired) electrons. The number of unbranched alkanes of at least 4 members (excludes halogenated alkanes) is 1. The predicted molar refractivity (Wildman–Crippen MR) is 111 cm³/mol. The molecule has 2 aromatic rings. The van der Waals surface area contributed by atoms with Crippen LogP contribution in [0.1, 0.15) is 52.0 Å². The zero-order chi connectivity index (χ0) is 19.6. The Morgan fingerprint density at radius 1 is 0.786 bits per heavy atom. The van der Waals surface area contributed by atoms with Gasteiger partial charge in [-0.2, -0.15) is 0 Å². The molecule has 0 unspecified atom stereocenters. The molecule has 0 aromatic heterocycles. The van der Waals surface area contributed by atoms with E-state index in [0.717, 1.165) is 24.9 Å². The standard InChI is InChI=1S/C23H29N3O2/c27-22(24-14-4-5-15-26-16-6-7-17-26)21-12-10-19(11-13-21)18-25-23(28)20-8-2-1-3-9-20/h1-3,8-13H,4-7,14-18H2,(H,24,27)(H,25,28). The molecule has 1 fully saturated rings. The summed E-state index contributed by atoms with van der Waals surface area (Å²) < 4.78 is 0. The maximum atomic E-state index is 12.2. The van der Waals surface area contributed by atoms with Gasteiger partial charge in [0.25, 0.3) is 11.8 Å². The Labute approximate surface area is 167 Å². The summed E-state index contributed by atoms with van der Waals surface area (Å²) in [6, 6.07) is 16.5. The zero-order valence-corrected chi connectivity index (χ0v) is 16.3. The Balaban J connectivity index is 1.36. The highest BCUT2D eigenvalue weighted by Gasteiger charge is 2.10. The van der Waals surface area contributed by atoms with E-state index < -0.39 is 0 Å². The summed E-state index contributed by atoms with van der Waals surface area (Å²) in [5, 5.41) is 5.88. The third-order valence-corrected chi connectivity index (χ3v) is 5.09. The van der Waals surface area contributed by atoms with Crippen LogP contribution >= 0.6 is 0 Å². The largest absolute Gasteiger partial charge is 0.352 e. The van der Waals surface area contributed by atoms with Gasteiger partial charge in [-0.05, 0) is 75.1 Å². The van der Waals surface area contributed by atoms with Gasteiger partial charge in [-0.3, -0.25) is 9.59 Å². The van der Waals surface area contributed by atoms with E-state index in [-0.39, 0.29) is 11.8 Å². The average Bonchev–Trinajstić information content (AvgIpc) is 3.26. The second kappa shape index (κ2) is 10.6. The fourth-order valence-electron chi connectivity index (χ4n) is 3.42. The van der Waals surface area contributed by atoms with Gasteiger partial charge in [0.05, 0.1) is 0 Å². The lowest BCUT2D eigenvalue weighted by Gasteiger charge is -2.14. The van der Waals surface area contributed by atoms with Gasteiger partial charge in [0, 0.05) is 24.2 Å². The molecule has 2 N–H and O–H groups in total. The molecule has 0 saturated carbocycles. The van der Waals surface area contributed by atoms with Crippen LogP contribution in [0.5, 0.6) is 0 Å². The molecule has 0 spiro atoms. The molecule has 1 aliphatic rings. The smallest absolute Gasteiger partial charge is 0.251 e. The Morgan fingerprint density at radius 3 is 2.14 bits per heavy atom. The first kappa shape index (κ1) is 20.1. The molecule has 5 heteroatoms. The number of hydrogen-bond acceptors (Lipinski definition) is 3. The number of rotatable bonds is 9. The molecule has 0 aliphatic carbocycles. The molecule has 2 aromatic carbocycles. The molecule has 1 saturated heterocycles. The highest BCUT2D eigenvalue weighted by atomic mass is 16.2. The van der Waals surface area contributed by atoms with E-state index >= 15 is 0 Å². The van der Waals surface area contributed by atoms with E-state index in [9.17, 15) is 9.59 Å². The lowest BCUT2D eigenvalue weighted by molar-refractivity contribution is 0.0942. The van der Waals surface area contributed by atoms with Crippen LogP contribution in [-0.4, -0.2) is 42.9 Å². The minimum absolute atomic E-state index is 0.0407. The molecule has 0 bridgehead atoms. The van der Waals surface area contributed by atoms with Crippen LogP contribution in [0, 0.1) is 0 Å². The average molecular weight is 380 g/mol. The van der Waals surface area contributed by atoms with Gasteiger partial charge in [-0.1, -0.05) is 30.3 Å². The Morgan fingerprint density at radius 2 is 1.43 bits per heavy atom. The van der Waals surface area contributed by atoms with E-state index in [1.165, 1.54) is 25.9 Å². The van der Waals surface area contributed by atoms with Gasteiger partial charge in [0.15, 0.2) is 0 Å². The van der Waals surface area contributed by atoms with Crippen molar-refractivity contribution in [2.75, 3.05) is 26.2 Å². The molecule has 1 heterocycles. The molecule has 1 aliphatic heterocycles. The lowest BCUT2D eigenvalue weighted by Crippen LogP contribution is -2.26. The summed E-state index contributed by atoms with van der Waals surface area (Å²) in [6.45, 7) is 4.74. The maximum absolute atomic E-state index is 12.2. The Kier molecular flexibility index (Phi) is 7.62. The number of nitrogens with zero attached hydrogens (tertiary/aromatic N) is 1. The summed E-state index contributed by atoms with van der Waals surface area (Å²) in [7, 11) is 0. The number of carbonyl (C=O) groups excluding carboxylic acids is 2. The first-order chi connectivity index (χ1) is 13.7. The normalized spacial score (nSPS) is 14.0. The van der Waals surface area contributed by atoms with Crippen LogP contribution < -0.4 is 10.6 Å². The first-order valence-corrected chi connectivity index (χ1v) is 10.1. The first-order valence-electron chi connectivity index (χ1n) is 10.1. The molecular formula is C23H29N3O2. The lowest BCUT2D eigenvalue weighted by atomic mass is 10.1. The van der Waals surface area contributed by atoms with Gasteiger partial charge in [0.1, 0.15) is 0 Å². The van der Waals surface area contributed by atoms with Crippen molar-refractivity contribution in [3.05, 3.63) is 71.3 Å². The third kappa shape index (κ3) is 6.20. The number of benzene rings is 2. The molecule has 0 atom stereocenters. The molecule has 3 rings (SSSR count). The fourth-order valence-corrected chi connectivity index (χ4v) is 3.42. The Hall–Kier alpha value is -2.66. The topological polar surface area (TPSA) is 61.4 Å². The van der Waals surface area contributed by atoms with Crippen LogP contribution in [0.25, 0.3) is 0 Å². The Bertz CT molecular complexity index is 753. The van der Waals surface area contributed by atoms with Crippen LogP contribution in [0.2, 0.25) is 0 Å². The van der Waals surface area contributed by atoms with E-state index in [4.69, 9.17) is 0 Å². The number of nitrogens with one attached hydrogen (secondary N) is 2. The third-order valence-electron chi connectivity index (χ3n) is 5.09. The summed E-state index contributed by atoms with van der Waals surface area (Å²) in [4.78, 5) is 26.8. The summed E-state index contributed by atoms with van der Waals surface area (Å²) in [6.07, 6.45) is 4.78. The van der Waals surface area contributed by atoms with E-state index in [1.807, 2.05) is 42.5 Å². The molecule has 5 nitrogen and oxygen atoms in total. The zero-order valence-electron chi connectivity index (χ0n) is 16.3. The predicted octanol–water partition coefficient (Wildman–Crippen LogP) is 3.22. The van der Waals surface area contributed by atoms with Crippen LogP contribution in [-0.2, 0) is 6.54 Å². The molecule has 28 heavy (non-hydrogen) atoms. The summed E-state index contributed by atoms with van der Waals surface area (Å²) in [5.74, 6) is -0.141. The van der Waals surface area contributed by atoms with E-state index in [1.54, 1.807) is 12.1 Å². The van der Waals surface area contributed by atoms with E-state index in [0.29, 0.717) is 24.2 Å². The van der Waals surface area contributed by atoms with Gasteiger partial charge in [-0.25, -0.2) is 0 Å². The van der Waals surface area contributed by atoms with Crippen LogP contribution in [0.3, 0.4) is 0 Å². The number of hydrogen-bond donors (Lipinski definition) is 2. The second-order valence-corrected chi connectivity index (χ2v) is 7.26. The van der Waals surface area contributed by atoms with Gasteiger partial charge >= 0.3 is 0 Å². The quantitative estimate of drug-likeness (QED) is 0.658. The van der Waals surface area contributed by atoms with Crippen molar-refractivity contribution in [3.63, 3.8) is 0 Å². The van der Waals surface area contributed by atoms with Crippen molar-refractivity contribution in [2.45, 2.75) is 32.2 Å². The van der Waals surface area contributed by atoms with Crippen LogP contribution in [0.15, 0.2) is 54.6 Å². The second-order valence-electron chi connectivity index (χ2n) is 7.26. The number of amides is 2. The van der Waals surface area contributed by atoms with E-state index in [2.05, 4.69) is 15.5 Å². The fraction of sp³-hybridized carbons (Fsp3) is 0.391. The summed E-state index contributed by atoms with van der Waals surface area (Å²) in [5.41, 5.74) is 2.26. The van der Waals surface area contributed by atoms with Crippen molar-refractivity contribution >= 4 is 11.8 Å². The van der Waals surface area contributed by atoms with Gasteiger partial charge in [0.2, 0.25) is 0 Å². The van der Waals surface area contributed by atoms with Crippen molar-refractivity contribution in [2.24, 2.45) is 0 Å². The molecule has 2 amide bonds. The van der Waals surface area contributed by atoms with Gasteiger partial charge < -0.3 is 15.5 Å². The van der Waals surface area contributed by atoms with Crippen molar-refractivity contribution < 1.29 is 9.59 Å².